The molecule has 0 saturated carbocycles. The number of hydrogen-bond acceptors (Lipinski definition) is 5. The number of carbonyl (C=O) groups excluding carboxylic acids is 2. The lowest BCUT2D eigenvalue weighted by atomic mass is 9.98. The van der Waals surface area contributed by atoms with Crippen LogP contribution < -0.4 is 5.32 Å². The van der Waals surface area contributed by atoms with E-state index < -0.39 is 6.09 Å². The first-order valence-electron chi connectivity index (χ1n) is 9.59. The van der Waals surface area contributed by atoms with Gasteiger partial charge in [0.1, 0.15) is 6.61 Å². The van der Waals surface area contributed by atoms with Crippen molar-refractivity contribution in [3.8, 4) is 11.1 Å². The Morgan fingerprint density at radius 1 is 1.07 bits per heavy atom. The fraction of sp³-hybridized carbons (Fsp3) is 0.167. The maximum atomic E-state index is 12.1. The van der Waals surface area contributed by atoms with E-state index in [0.717, 1.165) is 4.88 Å². The van der Waals surface area contributed by atoms with E-state index in [1.165, 1.54) is 40.7 Å². The van der Waals surface area contributed by atoms with Crippen molar-refractivity contribution in [3.05, 3.63) is 87.6 Å². The summed E-state index contributed by atoms with van der Waals surface area (Å²) in [6.45, 7) is 0.624. The number of ether oxygens (including phenoxy) is 2. The summed E-state index contributed by atoms with van der Waals surface area (Å²) in [6, 6.07) is 18.2. The summed E-state index contributed by atoms with van der Waals surface area (Å²) in [7, 11) is 1.35. The largest absolute Gasteiger partial charge is 0.465 e. The number of esters is 1. The number of carbonyl (C=O) groups is 2. The molecular weight excluding hydrogens is 398 g/mol. The van der Waals surface area contributed by atoms with Gasteiger partial charge in [-0.15, -0.1) is 11.3 Å². The standard InChI is InChI=1S/C24H21NO4S/c1-28-23(26)16-13-17(30-15-16)7-6-12-25-24(27)29-14-22-20-10-4-2-8-18(20)19-9-3-5-11-21(19)22/h2-11,13,15,22H,12,14H2,1H3,(H,25,27). The van der Waals surface area contributed by atoms with Gasteiger partial charge >= 0.3 is 12.1 Å². The van der Waals surface area contributed by atoms with Crippen molar-refractivity contribution in [1.29, 1.82) is 0 Å². The number of thiophene rings is 1. The first kappa shape index (κ1) is 19.9. The Morgan fingerprint density at radius 3 is 2.40 bits per heavy atom. The fourth-order valence-electron chi connectivity index (χ4n) is 3.63. The lowest BCUT2D eigenvalue weighted by Crippen LogP contribution is -2.26. The predicted octanol–water partition coefficient (Wildman–Crippen LogP) is 5.09. The van der Waals surface area contributed by atoms with Gasteiger partial charge < -0.3 is 14.8 Å². The number of fused-ring (bicyclic) bond motifs is 3. The van der Waals surface area contributed by atoms with Gasteiger partial charge in [0.15, 0.2) is 0 Å². The van der Waals surface area contributed by atoms with Crippen LogP contribution in [0.4, 0.5) is 4.79 Å². The smallest absolute Gasteiger partial charge is 0.407 e. The van der Waals surface area contributed by atoms with Gasteiger partial charge in [0.2, 0.25) is 0 Å². The Labute approximate surface area is 179 Å². The minimum absolute atomic E-state index is 0.0431. The van der Waals surface area contributed by atoms with Gasteiger partial charge in [-0.1, -0.05) is 54.6 Å². The molecule has 0 radical (unpaired) electrons. The average molecular weight is 420 g/mol. The van der Waals surface area contributed by atoms with Crippen molar-refractivity contribution in [1.82, 2.24) is 5.32 Å². The van der Waals surface area contributed by atoms with Crippen molar-refractivity contribution >= 4 is 29.5 Å². The molecule has 0 spiro atoms. The van der Waals surface area contributed by atoms with E-state index in [9.17, 15) is 9.59 Å². The molecule has 0 fully saturated rings. The molecule has 1 heterocycles. The quantitative estimate of drug-likeness (QED) is 0.566. The fourth-order valence-corrected chi connectivity index (χ4v) is 4.43. The molecule has 0 atom stereocenters. The highest BCUT2D eigenvalue weighted by Gasteiger charge is 2.28. The molecule has 2 aromatic carbocycles. The normalized spacial score (nSPS) is 12.4. The van der Waals surface area contributed by atoms with Crippen LogP contribution in [-0.2, 0) is 9.47 Å². The van der Waals surface area contributed by atoms with Crippen LogP contribution in [-0.4, -0.2) is 32.3 Å². The number of alkyl carbamates (subject to hydrolysis) is 1. The summed E-state index contributed by atoms with van der Waals surface area (Å²) in [5, 5.41) is 4.47. The van der Waals surface area contributed by atoms with Crippen molar-refractivity contribution in [2.75, 3.05) is 20.3 Å². The Kier molecular flexibility index (Phi) is 5.95. The minimum atomic E-state index is -0.456. The average Bonchev–Trinajstić information content (AvgIpc) is 3.38. The topological polar surface area (TPSA) is 64.6 Å². The second-order valence-electron chi connectivity index (χ2n) is 6.84. The lowest BCUT2D eigenvalue weighted by Gasteiger charge is -2.14. The van der Waals surface area contributed by atoms with Gasteiger partial charge in [0.05, 0.1) is 12.7 Å². The van der Waals surface area contributed by atoms with Crippen LogP contribution in [0.5, 0.6) is 0 Å². The summed E-state index contributed by atoms with van der Waals surface area (Å²) in [5.41, 5.74) is 5.29. The van der Waals surface area contributed by atoms with E-state index in [4.69, 9.17) is 4.74 Å². The number of rotatable bonds is 6. The summed E-state index contributed by atoms with van der Waals surface area (Å²) < 4.78 is 10.2. The number of hydrogen-bond donors (Lipinski definition) is 1. The maximum Gasteiger partial charge on any atom is 0.407 e. The maximum absolute atomic E-state index is 12.1. The van der Waals surface area contributed by atoms with Crippen molar-refractivity contribution < 1.29 is 19.1 Å². The third-order valence-electron chi connectivity index (χ3n) is 5.03. The van der Waals surface area contributed by atoms with Gasteiger partial charge in [-0.2, -0.15) is 0 Å². The molecule has 1 aliphatic rings. The molecule has 6 heteroatoms. The zero-order valence-electron chi connectivity index (χ0n) is 16.5. The van der Waals surface area contributed by atoms with E-state index in [2.05, 4.69) is 34.3 Å². The summed E-state index contributed by atoms with van der Waals surface area (Å²) in [6.07, 6.45) is 3.21. The van der Waals surface area contributed by atoms with Gasteiger partial charge in [0, 0.05) is 22.7 Å². The highest BCUT2D eigenvalue weighted by Crippen LogP contribution is 2.44. The Balaban J connectivity index is 1.30. The van der Waals surface area contributed by atoms with Gasteiger partial charge in [-0.25, -0.2) is 9.59 Å². The Hall–Kier alpha value is -3.38. The monoisotopic (exact) mass is 419 g/mol. The molecule has 152 valence electrons. The zero-order chi connectivity index (χ0) is 20.9. The molecule has 4 rings (SSSR count). The molecule has 1 aromatic heterocycles. The number of methoxy groups -OCH3 is 1. The first-order valence-corrected chi connectivity index (χ1v) is 10.5. The summed E-state index contributed by atoms with van der Waals surface area (Å²) >= 11 is 1.43. The molecule has 0 bridgehead atoms. The summed E-state index contributed by atoms with van der Waals surface area (Å²) in [4.78, 5) is 24.5. The second kappa shape index (κ2) is 8.97. The molecule has 0 saturated heterocycles. The first-order chi connectivity index (χ1) is 14.7. The van der Waals surface area contributed by atoms with Gasteiger partial charge in [-0.05, 0) is 34.4 Å². The zero-order valence-corrected chi connectivity index (χ0v) is 17.3. The van der Waals surface area contributed by atoms with E-state index in [1.54, 1.807) is 11.4 Å². The SMILES string of the molecule is COC(=O)c1csc(C=CCNC(=O)OCC2c3ccccc3-c3ccccc32)c1. The lowest BCUT2D eigenvalue weighted by molar-refractivity contribution is 0.0601. The Bertz CT molecular complexity index is 1060. The van der Waals surface area contributed by atoms with Gasteiger partial charge in [0.25, 0.3) is 0 Å². The molecular formula is C24H21NO4S. The summed E-state index contributed by atoms with van der Waals surface area (Å²) in [5.74, 6) is -0.316. The van der Waals surface area contributed by atoms with Crippen molar-refractivity contribution in [2.45, 2.75) is 5.92 Å². The second-order valence-corrected chi connectivity index (χ2v) is 7.78. The molecule has 30 heavy (non-hydrogen) atoms. The van der Waals surface area contributed by atoms with Crippen LogP contribution in [0.2, 0.25) is 0 Å². The van der Waals surface area contributed by atoms with Crippen LogP contribution in [0.1, 0.15) is 32.3 Å². The van der Waals surface area contributed by atoms with Crippen molar-refractivity contribution in [3.63, 3.8) is 0 Å². The van der Waals surface area contributed by atoms with Gasteiger partial charge in [-0.3, -0.25) is 0 Å². The van der Waals surface area contributed by atoms with Crippen LogP contribution in [0.3, 0.4) is 0 Å². The molecule has 1 N–H and O–H groups in total. The van der Waals surface area contributed by atoms with E-state index in [0.29, 0.717) is 12.1 Å². The molecule has 1 aliphatic carbocycles. The van der Waals surface area contributed by atoms with Crippen LogP contribution in [0.25, 0.3) is 17.2 Å². The third-order valence-corrected chi connectivity index (χ3v) is 5.93. The molecule has 3 aromatic rings. The number of amides is 1. The van der Waals surface area contributed by atoms with E-state index in [1.807, 2.05) is 36.4 Å². The van der Waals surface area contributed by atoms with Crippen LogP contribution in [0.15, 0.2) is 66.1 Å². The van der Waals surface area contributed by atoms with E-state index >= 15 is 0 Å². The van der Waals surface area contributed by atoms with Crippen molar-refractivity contribution in [2.24, 2.45) is 0 Å². The Morgan fingerprint density at radius 2 is 1.73 bits per heavy atom. The molecule has 1 amide bonds. The van der Waals surface area contributed by atoms with E-state index in [-0.39, 0.29) is 18.5 Å². The molecule has 0 unspecified atom stereocenters. The van der Waals surface area contributed by atoms with Crippen LogP contribution in [0, 0.1) is 0 Å². The highest BCUT2D eigenvalue weighted by atomic mass is 32.1. The molecule has 0 aliphatic heterocycles. The minimum Gasteiger partial charge on any atom is -0.465 e. The number of benzene rings is 2. The predicted molar refractivity (Wildman–Crippen MR) is 118 cm³/mol. The highest BCUT2D eigenvalue weighted by molar-refractivity contribution is 7.11. The molecule has 5 nitrogen and oxygen atoms in total. The third kappa shape index (κ3) is 4.14. The number of nitrogens with one attached hydrogen (secondary N) is 1. The van der Waals surface area contributed by atoms with Crippen LogP contribution >= 0.6 is 11.3 Å².